The van der Waals surface area contributed by atoms with Gasteiger partial charge >= 0.3 is 0 Å². The van der Waals surface area contributed by atoms with Gasteiger partial charge in [-0.3, -0.25) is 4.79 Å². The van der Waals surface area contributed by atoms with Gasteiger partial charge in [-0.1, -0.05) is 43.7 Å². The summed E-state index contributed by atoms with van der Waals surface area (Å²) in [4.78, 5) is 12.3. The first kappa shape index (κ1) is 15.3. The molecule has 110 valence electrons. The number of hydrogen-bond donors (Lipinski definition) is 1. The Kier molecular flexibility index (Phi) is 4.79. The summed E-state index contributed by atoms with van der Waals surface area (Å²) >= 11 is 0. The minimum absolute atomic E-state index is 0.0574. The quantitative estimate of drug-likeness (QED) is 0.860. The fraction of sp³-hybridized carbons (Fsp3) is 0.316. The molecule has 0 bridgehead atoms. The average Bonchev–Trinajstić information content (AvgIpc) is 2.42. The van der Waals surface area contributed by atoms with Crippen LogP contribution < -0.4 is 5.32 Å². The predicted molar refractivity (Wildman–Crippen MR) is 88.9 cm³/mol. The Morgan fingerprint density at radius 1 is 1.05 bits per heavy atom. The van der Waals surface area contributed by atoms with E-state index in [4.69, 9.17) is 0 Å². The highest BCUT2D eigenvalue weighted by Gasteiger charge is 2.08. The second-order valence-corrected chi connectivity index (χ2v) is 6.07. The van der Waals surface area contributed by atoms with E-state index >= 15 is 0 Å². The van der Waals surface area contributed by atoms with Crippen LogP contribution in [0.15, 0.2) is 42.5 Å². The van der Waals surface area contributed by atoms with Crippen LogP contribution in [0.5, 0.6) is 0 Å². The number of hydrogen-bond acceptors (Lipinski definition) is 1. The van der Waals surface area contributed by atoms with Gasteiger partial charge in [0.05, 0.1) is 0 Å². The molecule has 21 heavy (non-hydrogen) atoms. The highest BCUT2D eigenvalue weighted by molar-refractivity contribution is 6.04. The maximum absolute atomic E-state index is 12.3. The van der Waals surface area contributed by atoms with Gasteiger partial charge in [0, 0.05) is 11.3 Å². The Balaban J connectivity index is 2.09. The molecule has 2 heteroatoms. The van der Waals surface area contributed by atoms with Gasteiger partial charge < -0.3 is 5.32 Å². The average molecular weight is 281 g/mol. The Morgan fingerprint density at radius 3 is 2.29 bits per heavy atom. The van der Waals surface area contributed by atoms with Crippen molar-refractivity contribution in [1.29, 1.82) is 0 Å². The maximum Gasteiger partial charge on any atom is 0.255 e. The van der Waals surface area contributed by atoms with Crippen LogP contribution in [0.3, 0.4) is 0 Å². The van der Waals surface area contributed by atoms with Crippen LogP contribution >= 0.6 is 0 Å². The lowest BCUT2D eigenvalue weighted by molar-refractivity contribution is 0.102. The van der Waals surface area contributed by atoms with E-state index in [1.165, 1.54) is 11.1 Å². The minimum atomic E-state index is -0.0574. The van der Waals surface area contributed by atoms with Crippen molar-refractivity contribution in [2.45, 2.75) is 34.1 Å². The Bertz CT molecular complexity index is 627. The van der Waals surface area contributed by atoms with Gasteiger partial charge in [-0.2, -0.15) is 0 Å². The van der Waals surface area contributed by atoms with Crippen LogP contribution in [-0.2, 0) is 6.42 Å². The van der Waals surface area contributed by atoms with Gasteiger partial charge in [-0.05, 0) is 55.5 Å². The van der Waals surface area contributed by atoms with Gasteiger partial charge in [-0.15, -0.1) is 0 Å². The van der Waals surface area contributed by atoms with Gasteiger partial charge in [0.1, 0.15) is 0 Å². The number of benzene rings is 2. The Labute approximate surface area is 127 Å². The molecular formula is C19H23NO. The summed E-state index contributed by atoms with van der Waals surface area (Å²) in [6, 6.07) is 13.9. The monoisotopic (exact) mass is 281 g/mol. The zero-order valence-corrected chi connectivity index (χ0v) is 13.2. The van der Waals surface area contributed by atoms with Gasteiger partial charge in [0.15, 0.2) is 0 Å². The van der Waals surface area contributed by atoms with E-state index in [0.717, 1.165) is 17.7 Å². The molecule has 2 nitrogen and oxygen atoms in total. The molecule has 2 aromatic rings. The number of nitrogens with one attached hydrogen (secondary N) is 1. The minimum Gasteiger partial charge on any atom is -0.322 e. The second-order valence-electron chi connectivity index (χ2n) is 6.07. The molecule has 0 unspecified atom stereocenters. The van der Waals surface area contributed by atoms with E-state index in [0.29, 0.717) is 11.5 Å². The molecule has 0 aliphatic carbocycles. The molecule has 0 heterocycles. The summed E-state index contributed by atoms with van der Waals surface area (Å²) in [6.07, 6.45) is 1.04. The molecule has 0 atom stereocenters. The van der Waals surface area contributed by atoms with E-state index < -0.39 is 0 Å². The summed E-state index contributed by atoms with van der Waals surface area (Å²) in [6.45, 7) is 8.45. The van der Waals surface area contributed by atoms with Crippen LogP contribution in [-0.4, -0.2) is 5.91 Å². The first-order valence-electron chi connectivity index (χ1n) is 7.43. The molecule has 0 spiro atoms. The third kappa shape index (κ3) is 4.19. The fourth-order valence-electron chi connectivity index (χ4n) is 2.41. The van der Waals surface area contributed by atoms with Gasteiger partial charge in [-0.25, -0.2) is 0 Å². The lowest BCUT2D eigenvalue weighted by Crippen LogP contribution is -2.12. The van der Waals surface area contributed by atoms with Crippen molar-refractivity contribution in [2.75, 3.05) is 5.32 Å². The topological polar surface area (TPSA) is 29.1 Å². The smallest absolute Gasteiger partial charge is 0.255 e. The van der Waals surface area contributed by atoms with Crippen molar-refractivity contribution < 1.29 is 4.79 Å². The molecule has 0 aromatic heterocycles. The molecule has 2 rings (SSSR count). The van der Waals surface area contributed by atoms with E-state index in [-0.39, 0.29) is 5.91 Å². The number of rotatable bonds is 4. The normalized spacial score (nSPS) is 10.7. The summed E-state index contributed by atoms with van der Waals surface area (Å²) in [7, 11) is 0. The zero-order valence-electron chi connectivity index (χ0n) is 13.2. The van der Waals surface area contributed by atoms with Crippen LogP contribution in [0, 0.1) is 19.8 Å². The summed E-state index contributed by atoms with van der Waals surface area (Å²) in [5.74, 6) is 0.568. The molecule has 1 N–H and O–H groups in total. The molecule has 0 saturated heterocycles. The van der Waals surface area contributed by atoms with E-state index in [1.54, 1.807) is 0 Å². The molecule has 0 radical (unpaired) electrons. The first-order chi connectivity index (χ1) is 9.95. The van der Waals surface area contributed by atoms with E-state index in [1.807, 2.05) is 50.2 Å². The summed E-state index contributed by atoms with van der Waals surface area (Å²) in [5.41, 5.74) is 5.12. The SMILES string of the molecule is Cc1ccc(NC(=O)c2ccc(CC(C)C)cc2)c(C)c1. The number of anilines is 1. The molecule has 0 aliphatic heterocycles. The van der Waals surface area contributed by atoms with Crippen LogP contribution in [0.4, 0.5) is 5.69 Å². The standard InChI is InChI=1S/C19H23NO/c1-13(2)11-16-6-8-17(9-7-16)19(21)20-18-10-5-14(3)12-15(18)4/h5-10,12-13H,11H2,1-4H3,(H,20,21). The third-order valence-corrected chi connectivity index (χ3v) is 3.49. The molecular weight excluding hydrogens is 258 g/mol. The van der Waals surface area contributed by atoms with E-state index in [9.17, 15) is 4.79 Å². The number of amides is 1. The molecule has 0 fully saturated rings. The van der Waals surface area contributed by atoms with Crippen molar-refractivity contribution >= 4 is 11.6 Å². The van der Waals surface area contributed by atoms with Crippen LogP contribution in [0.1, 0.15) is 40.9 Å². The number of aryl methyl sites for hydroxylation is 2. The van der Waals surface area contributed by atoms with Gasteiger partial charge in [0.25, 0.3) is 5.91 Å². The largest absolute Gasteiger partial charge is 0.322 e. The van der Waals surface area contributed by atoms with Crippen molar-refractivity contribution in [1.82, 2.24) is 0 Å². The summed E-state index contributed by atoms with van der Waals surface area (Å²) in [5, 5.41) is 2.98. The highest BCUT2D eigenvalue weighted by atomic mass is 16.1. The Morgan fingerprint density at radius 2 is 1.71 bits per heavy atom. The first-order valence-corrected chi connectivity index (χ1v) is 7.43. The van der Waals surface area contributed by atoms with Crippen molar-refractivity contribution in [3.05, 3.63) is 64.7 Å². The molecule has 0 saturated carbocycles. The van der Waals surface area contributed by atoms with E-state index in [2.05, 4.69) is 25.2 Å². The van der Waals surface area contributed by atoms with Gasteiger partial charge in [0.2, 0.25) is 0 Å². The van der Waals surface area contributed by atoms with Crippen LogP contribution in [0.2, 0.25) is 0 Å². The second kappa shape index (κ2) is 6.57. The zero-order chi connectivity index (χ0) is 15.4. The molecule has 0 aliphatic rings. The van der Waals surface area contributed by atoms with Crippen LogP contribution in [0.25, 0.3) is 0 Å². The lowest BCUT2D eigenvalue weighted by Gasteiger charge is -2.10. The Hall–Kier alpha value is -2.09. The van der Waals surface area contributed by atoms with Crippen molar-refractivity contribution in [3.63, 3.8) is 0 Å². The highest BCUT2D eigenvalue weighted by Crippen LogP contribution is 2.17. The third-order valence-electron chi connectivity index (χ3n) is 3.49. The maximum atomic E-state index is 12.3. The molecule has 1 amide bonds. The summed E-state index contributed by atoms with van der Waals surface area (Å²) < 4.78 is 0. The molecule has 2 aromatic carbocycles. The van der Waals surface area contributed by atoms with Crippen molar-refractivity contribution in [3.8, 4) is 0 Å². The van der Waals surface area contributed by atoms with Crippen molar-refractivity contribution in [2.24, 2.45) is 5.92 Å². The predicted octanol–water partition coefficient (Wildman–Crippen LogP) is 4.75. The lowest BCUT2D eigenvalue weighted by atomic mass is 10.0. The number of carbonyl (C=O) groups excluding carboxylic acids is 1. The fourth-order valence-corrected chi connectivity index (χ4v) is 2.41. The number of carbonyl (C=O) groups is 1.